The van der Waals surface area contributed by atoms with E-state index in [1.54, 1.807) is 19.2 Å². The molecule has 18 heavy (non-hydrogen) atoms. The van der Waals surface area contributed by atoms with Crippen LogP contribution in [-0.4, -0.2) is 21.7 Å². The molecule has 0 aliphatic rings. The third kappa shape index (κ3) is 3.35. The number of methoxy groups -OCH3 is 1. The number of hydrogen-bond donors (Lipinski definition) is 0. The molecule has 0 bridgehead atoms. The van der Waals surface area contributed by atoms with Gasteiger partial charge in [0, 0.05) is 11.6 Å². The third-order valence-corrected chi connectivity index (χ3v) is 7.81. The maximum absolute atomic E-state index is 10.9. The smallest absolute Gasteiger partial charge is 0.250 e. The zero-order chi connectivity index (χ0) is 14.0. The van der Waals surface area contributed by atoms with E-state index in [0.29, 0.717) is 17.1 Å². The highest BCUT2D eigenvalue weighted by Gasteiger charge is 2.39. The van der Waals surface area contributed by atoms with Crippen molar-refractivity contribution in [3.05, 3.63) is 23.8 Å². The van der Waals surface area contributed by atoms with E-state index in [1.807, 2.05) is 6.07 Å². The van der Waals surface area contributed by atoms with Crippen LogP contribution in [0.4, 0.5) is 0 Å². The molecule has 0 saturated heterocycles. The van der Waals surface area contributed by atoms with Gasteiger partial charge in [-0.3, -0.25) is 4.79 Å². The van der Waals surface area contributed by atoms with Crippen molar-refractivity contribution in [3.8, 4) is 11.5 Å². The second kappa shape index (κ2) is 5.14. The van der Waals surface area contributed by atoms with E-state index in [0.717, 1.165) is 6.29 Å². The van der Waals surface area contributed by atoms with Gasteiger partial charge in [0.1, 0.15) is 17.8 Å². The molecule has 0 amide bonds. The number of aldehydes is 1. The normalized spacial score (nSPS) is 12.1. The molecule has 0 radical (unpaired) electrons. The monoisotopic (exact) mass is 266 g/mol. The summed E-state index contributed by atoms with van der Waals surface area (Å²) < 4.78 is 11.3. The van der Waals surface area contributed by atoms with Gasteiger partial charge in [0.25, 0.3) is 0 Å². The topological polar surface area (TPSA) is 35.5 Å². The SMILES string of the molecule is COc1cc(C=O)cc(O[Si](C)(C)C(C)(C)C)c1. The Morgan fingerprint density at radius 1 is 1.11 bits per heavy atom. The Hall–Kier alpha value is -1.29. The first-order valence-electron chi connectivity index (χ1n) is 6.03. The van der Waals surface area contributed by atoms with Crippen molar-refractivity contribution in [2.45, 2.75) is 38.9 Å². The first kappa shape index (κ1) is 14.8. The van der Waals surface area contributed by atoms with Crippen LogP contribution in [0.1, 0.15) is 31.1 Å². The first-order chi connectivity index (χ1) is 8.19. The lowest BCUT2D eigenvalue weighted by molar-refractivity contribution is 0.112. The standard InChI is InChI=1S/C14H22O3Si/c1-14(2,3)18(5,6)17-13-8-11(10-15)7-12(9-13)16-4/h7-10H,1-6H3. The molecule has 0 saturated carbocycles. The quantitative estimate of drug-likeness (QED) is 0.612. The highest BCUT2D eigenvalue weighted by molar-refractivity contribution is 6.74. The van der Waals surface area contributed by atoms with Gasteiger partial charge in [-0.1, -0.05) is 20.8 Å². The molecule has 0 aromatic heterocycles. The molecule has 0 spiro atoms. The van der Waals surface area contributed by atoms with E-state index in [4.69, 9.17) is 9.16 Å². The Labute approximate surface area is 110 Å². The van der Waals surface area contributed by atoms with Crippen LogP contribution in [0.25, 0.3) is 0 Å². The van der Waals surface area contributed by atoms with Crippen molar-refractivity contribution in [1.29, 1.82) is 0 Å². The fourth-order valence-electron chi connectivity index (χ4n) is 1.29. The lowest BCUT2D eigenvalue weighted by atomic mass is 10.2. The van der Waals surface area contributed by atoms with Crippen LogP contribution in [0.15, 0.2) is 18.2 Å². The minimum Gasteiger partial charge on any atom is -0.543 e. The van der Waals surface area contributed by atoms with Crippen LogP contribution in [0.5, 0.6) is 11.5 Å². The summed E-state index contributed by atoms with van der Waals surface area (Å²) in [5.41, 5.74) is 0.572. The van der Waals surface area contributed by atoms with Gasteiger partial charge in [0.05, 0.1) is 7.11 Å². The van der Waals surface area contributed by atoms with E-state index in [-0.39, 0.29) is 5.04 Å². The van der Waals surface area contributed by atoms with Gasteiger partial charge in [-0.25, -0.2) is 0 Å². The van der Waals surface area contributed by atoms with Gasteiger partial charge in [-0.05, 0) is 30.3 Å². The first-order valence-corrected chi connectivity index (χ1v) is 8.94. The van der Waals surface area contributed by atoms with Crippen LogP contribution in [0.2, 0.25) is 18.1 Å². The predicted octanol–water partition coefficient (Wildman–Crippen LogP) is 3.89. The Kier molecular flexibility index (Phi) is 4.22. The van der Waals surface area contributed by atoms with Crippen molar-refractivity contribution in [2.24, 2.45) is 0 Å². The molecule has 0 aliphatic heterocycles. The molecule has 0 unspecified atom stereocenters. The van der Waals surface area contributed by atoms with Gasteiger partial charge in [-0.15, -0.1) is 0 Å². The van der Waals surface area contributed by atoms with E-state index in [1.165, 1.54) is 0 Å². The molecule has 1 rings (SSSR count). The van der Waals surface area contributed by atoms with Crippen LogP contribution >= 0.6 is 0 Å². The lowest BCUT2D eigenvalue weighted by Gasteiger charge is -2.36. The van der Waals surface area contributed by atoms with E-state index in [2.05, 4.69) is 33.9 Å². The van der Waals surface area contributed by atoms with Gasteiger partial charge < -0.3 is 9.16 Å². The summed E-state index contributed by atoms with van der Waals surface area (Å²) in [6, 6.07) is 5.29. The molecular formula is C14H22O3Si. The Morgan fingerprint density at radius 3 is 2.11 bits per heavy atom. The Balaban J connectivity index is 3.07. The lowest BCUT2D eigenvalue weighted by Crippen LogP contribution is -2.43. The molecule has 100 valence electrons. The number of rotatable bonds is 4. The second-order valence-corrected chi connectivity index (χ2v) is 10.6. The maximum atomic E-state index is 10.9. The van der Waals surface area contributed by atoms with Gasteiger partial charge in [0.2, 0.25) is 8.32 Å². The number of carbonyl (C=O) groups excluding carboxylic acids is 1. The van der Waals surface area contributed by atoms with Crippen molar-refractivity contribution >= 4 is 14.6 Å². The average Bonchev–Trinajstić information content (AvgIpc) is 2.26. The zero-order valence-corrected chi connectivity index (χ0v) is 13.0. The van der Waals surface area contributed by atoms with Gasteiger partial charge in [0.15, 0.2) is 0 Å². The zero-order valence-electron chi connectivity index (χ0n) is 12.0. The van der Waals surface area contributed by atoms with Crippen LogP contribution in [-0.2, 0) is 0 Å². The fraction of sp³-hybridized carbons (Fsp3) is 0.500. The van der Waals surface area contributed by atoms with Gasteiger partial charge >= 0.3 is 0 Å². The summed E-state index contributed by atoms with van der Waals surface area (Å²) >= 11 is 0. The fourth-order valence-corrected chi connectivity index (χ4v) is 2.30. The van der Waals surface area contributed by atoms with Crippen molar-refractivity contribution < 1.29 is 14.0 Å². The summed E-state index contributed by atoms with van der Waals surface area (Å²) in [5.74, 6) is 1.36. The largest absolute Gasteiger partial charge is 0.543 e. The molecule has 0 heterocycles. The molecule has 0 fully saturated rings. The molecule has 3 nitrogen and oxygen atoms in total. The molecule has 1 aromatic carbocycles. The maximum Gasteiger partial charge on any atom is 0.250 e. The van der Waals surface area contributed by atoms with Crippen molar-refractivity contribution in [3.63, 3.8) is 0 Å². The van der Waals surface area contributed by atoms with Crippen molar-refractivity contribution in [2.75, 3.05) is 7.11 Å². The van der Waals surface area contributed by atoms with E-state index >= 15 is 0 Å². The molecule has 0 aliphatic carbocycles. The summed E-state index contributed by atoms with van der Waals surface area (Å²) in [6.07, 6.45) is 0.807. The minimum absolute atomic E-state index is 0.122. The average molecular weight is 266 g/mol. The van der Waals surface area contributed by atoms with Crippen molar-refractivity contribution in [1.82, 2.24) is 0 Å². The van der Waals surface area contributed by atoms with Gasteiger partial charge in [-0.2, -0.15) is 0 Å². The van der Waals surface area contributed by atoms with E-state index < -0.39 is 8.32 Å². The Bertz CT molecular complexity index is 433. The highest BCUT2D eigenvalue weighted by atomic mass is 28.4. The Morgan fingerprint density at radius 2 is 1.67 bits per heavy atom. The summed E-state index contributed by atoms with van der Waals surface area (Å²) in [7, 11) is -0.305. The number of hydrogen-bond acceptors (Lipinski definition) is 3. The van der Waals surface area contributed by atoms with E-state index in [9.17, 15) is 4.79 Å². The number of carbonyl (C=O) groups is 1. The summed E-state index contributed by atoms with van der Waals surface area (Å²) in [5, 5.41) is 0.122. The third-order valence-electron chi connectivity index (χ3n) is 3.45. The molecular weight excluding hydrogens is 244 g/mol. The number of ether oxygens (including phenoxy) is 1. The molecule has 0 N–H and O–H groups in total. The molecule has 4 heteroatoms. The second-order valence-electron chi connectivity index (χ2n) is 5.92. The van der Waals surface area contributed by atoms with Crippen LogP contribution in [0, 0.1) is 0 Å². The molecule has 0 atom stereocenters. The number of benzene rings is 1. The summed E-state index contributed by atoms with van der Waals surface area (Å²) in [6.45, 7) is 10.9. The van der Waals surface area contributed by atoms with Crippen LogP contribution < -0.4 is 9.16 Å². The minimum atomic E-state index is -1.89. The predicted molar refractivity (Wildman–Crippen MR) is 76.2 cm³/mol. The van der Waals surface area contributed by atoms with Crippen LogP contribution in [0.3, 0.4) is 0 Å². The summed E-state index contributed by atoms with van der Waals surface area (Å²) in [4.78, 5) is 10.9. The highest BCUT2D eigenvalue weighted by Crippen LogP contribution is 2.38. The molecule has 1 aromatic rings.